The number of nitrogens with one attached hydrogen (secondary N) is 1. The molecule has 7 heteroatoms. The lowest BCUT2D eigenvalue weighted by atomic mass is 9.97. The number of thiazole rings is 1. The molecule has 0 aliphatic carbocycles. The highest BCUT2D eigenvalue weighted by Crippen LogP contribution is 2.33. The topological polar surface area (TPSA) is 61.9 Å². The summed E-state index contributed by atoms with van der Waals surface area (Å²) in [5, 5.41) is 11.9. The minimum absolute atomic E-state index is 0.318. The molecule has 0 spiro atoms. The number of aliphatic carboxylic acids is 1. The number of carbonyl (C=O) groups excluding carboxylic acids is 1. The van der Waals surface area contributed by atoms with Crippen molar-refractivity contribution in [3.05, 3.63) is 59.2 Å². The Hall–Kier alpha value is -2.41. The summed E-state index contributed by atoms with van der Waals surface area (Å²) in [6, 6.07) is 16.2. The molecule has 1 aliphatic heterocycles. The number of hydrogen-bond donors (Lipinski definition) is 1. The van der Waals surface area contributed by atoms with Gasteiger partial charge in [-0.1, -0.05) is 47.2 Å². The Labute approximate surface area is 177 Å². The van der Waals surface area contributed by atoms with Gasteiger partial charge in [0, 0.05) is 35.3 Å². The number of quaternary nitrogens is 1. The minimum atomic E-state index is -0.915. The van der Waals surface area contributed by atoms with Gasteiger partial charge in [-0.05, 0) is 24.3 Å². The van der Waals surface area contributed by atoms with Crippen molar-refractivity contribution in [3.63, 3.8) is 0 Å². The van der Waals surface area contributed by atoms with Crippen LogP contribution in [-0.4, -0.2) is 28.4 Å². The number of piperidine rings is 1. The number of carbonyl (C=O) groups is 1. The Bertz CT molecular complexity index is 1190. The van der Waals surface area contributed by atoms with Gasteiger partial charge in [0.2, 0.25) is 0 Å². The smallest absolute Gasteiger partial charge is 0.195 e. The molecule has 4 aromatic rings. The number of imidazole rings is 1. The third kappa shape index (κ3) is 3.41. The number of para-hydroxylation sites is 1. The van der Waals surface area contributed by atoms with E-state index in [1.807, 2.05) is 30.3 Å². The van der Waals surface area contributed by atoms with E-state index in [4.69, 9.17) is 16.6 Å². The minimum Gasteiger partial charge on any atom is -0.550 e. The first-order valence-electron chi connectivity index (χ1n) is 9.79. The second kappa shape index (κ2) is 7.44. The molecule has 5 rings (SSSR count). The summed E-state index contributed by atoms with van der Waals surface area (Å²) < 4.78 is 3.48. The molecule has 0 amide bonds. The highest BCUT2D eigenvalue weighted by atomic mass is 35.5. The lowest BCUT2D eigenvalue weighted by Gasteiger charge is -2.29. The Balaban J connectivity index is 1.58. The van der Waals surface area contributed by atoms with Crippen molar-refractivity contribution in [1.29, 1.82) is 0 Å². The second-order valence-corrected chi connectivity index (χ2v) is 9.07. The Kier molecular flexibility index (Phi) is 4.78. The average molecular weight is 426 g/mol. The van der Waals surface area contributed by atoms with Crippen molar-refractivity contribution in [2.45, 2.75) is 19.4 Å². The van der Waals surface area contributed by atoms with Gasteiger partial charge in [0.25, 0.3) is 0 Å². The molecule has 0 atom stereocenters. The molecule has 0 bridgehead atoms. The fraction of sp³-hybridized carbons (Fsp3) is 0.273. The van der Waals surface area contributed by atoms with E-state index >= 15 is 0 Å². The third-order valence-electron chi connectivity index (χ3n) is 5.81. The van der Waals surface area contributed by atoms with Crippen LogP contribution in [0.3, 0.4) is 0 Å². The van der Waals surface area contributed by atoms with Crippen molar-refractivity contribution in [2.24, 2.45) is 5.92 Å². The number of benzene rings is 2. The van der Waals surface area contributed by atoms with Crippen molar-refractivity contribution in [1.82, 2.24) is 9.38 Å². The first-order chi connectivity index (χ1) is 14.1. The lowest BCUT2D eigenvalue weighted by molar-refractivity contribution is -0.919. The van der Waals surface area contributed by atoms with Gasteiger partial charge in [-0.25, -0.2) is 4.98 Å². The molecule has 0 saturated carbocycles. The van der Waals surface area contributed by atoms with Crippen LogP contribution in [0, 0.1) is 5.92 Å². The molecule has 1 aliphatic rings. The molecule has 0 unspecified atom stereocenters. The Morgan fingerprint density at radius 1 is 1.17 bits per heavy atom. The van der Waals surface area contributed by atoms with Gasteiger partial charge in [0.15, 0.2) is 4.96 Å². The quantitative estimate of drug-likeness (QED) is 0.546. The number of hydrogen-bond acceptors (Lipinski definition) is 4. The van der Waals surface area contributed by atoms with Crippen molar-refractivity contribution in [3.8, 4) is 11.3 Å². The van der Waals surface area contributed by atoms with Crippen molar-refractivity contribution < 1.29 is 14.8 Å². The van der Waals surface area contributed by atoms with Gasteiger partial charge in [0.05, 0.1) is 29.0 Å². The summed E-state index contributed by atoms with van der Waals surface area (Å²) >= 11 is 7.78. The van der Waals surface area contributed by atoms with E-state index in [0.717, 1.165) is 35.9 Å². The zero-order valence-corrected chi connectivity index (χ0v) is 17.3. The maximum absolute atomic E-state index is 11.2. The zero-order valence-electron chi connectivity index (χ0n) is 15.7. The van der Waals surface area contributed by atoms with E-state index in [-0.39, 0.29) is 5.92 Å². The van der Waals surface area contributed by atoms with E-state index < -0.39 is 5.97 Å². The Morgan fingerprint density at radius 3 is 2.62 bits per heavy atom. The summed E-state index contributed by atoms with van der Waals surface area (Å²) in [5.74, 6) is -1.23. The fourth-order valence-electron chi connectivity index (χ4n) is 4.25. The van der Waals surface area contributed by atoms with Crippen LogP contribution in [0.5, 0.6) is 0 Å². The molecule has 1 fully saturated rings. The zero-order chi connectivity index (χ0) is 20.0. The normalized spacial score (nSPS) is 19.8. The lowest BCUT2D eigenvalue weighted by Crippen LogP contribution is -3.12. The molecule has 1 N–H and O–H groups in total. The predicted octanol–water partition coefficient (Wildman–Crippen LogP) is 2.41. The molecule has 29 heavy (non-hydrogen) atoms. The standard InChI is InChI=1S/C22H20ClN3O2S/c23-16-7-5-14(6-8-16)20-18(13-25-11-9-15(10-12-25)21(27)28)26-17-3-1-2-4-19(17)29-22(26)24-20/h1-8,15H,9-13H2,(H,27,28). The summed E-state index contributed by atoms with van der Waals surface area (Å²) in [7, 11) is 0. The largest absolute Gasteiger partial charge is 0.550 e. The van der Waals surface area contributed by atoms with Gasteiger partial charge in [0.1, 0.15) is 12.2 Å². The fourth-order valence-corrected chi connectivity index (χ4v) is 5.42. The monoisotopic (exact) mass is 425 g/mol. The molecule has 5 nitrogen and oxygen atoms in total. The summed E-state index contributed by atoms with van der Waals surface area (Å²) in [4.78, 5) is 18.5. The van der Waals surface area contributed by atoms with Crippen LogP contribution in [-0.2, 0) is 11.3 Å². The van der Waals surface area contributed by atoms with E-state index in [1.54, 1.807) is 11.3 Å². The summed E-state index contributed by atoms with van der Waals surface area (Å²) in [5.41, 5.74) is 4.36. The van der Waals surface area contributed by atoms with Crippen molar-refractivity contribution >= 4 is 44.1 Å². The average Bonchev–Trinajstić information content (AvgIpc) is 3.26. The molecule has 3 heterocycles. The Morgan fingerprint density at radius 2 is 1.90 bits per heavy atom. The van der Waals surface area contributed by atoms with Crippen molar-refractivity contribution in [2.75, 3.05) is 13.1 Å². The molecule has 2 aromatic carbocycles. The van der Waals surface area contributed by atoms with Crippen LogP contribution in [0.25, 0.3) is 26.4 Å². The third-order valence-corrected chi connectivity index (χ3v) is 7.08. The van der Waals surface area contributed by atoms with Crippen LogP contribution in [0.15, 0.2) is 48.5 Å². The number of carboxylic acid groups (broad SMARTS) is 1. The van der Waals surface area contributed by atoms with Gasteiger partial charge in [-0.15, -0.1) is 0 Å². The molecule has 0 radical (unpaired) electrons. The number of likely N-dealkylation sites (tertiary alicyclic amines) is 1. The van der Waals surface area contributed by atoms with Gasteiger partial charge >= 0.3 is 0 Å². The van der Waals surface area contributed by atoms with Crippen LogP contribution in [0.4, 0.5) is 0 Å². The van der Waals surface area contributed by atoms with Gasteiger partial charge < -0.3 is 14.8 Å². The predicted molar refractivity (Wildman–Crippen MR) is 113 cm³/mol. The molecule has 148 valence electrons. The number of aromatic nitrogens is 2. The van der Waals surface area contributed by atoms with Crippen LogP contribution < -0.4 is 10.0 Å². The van der Waals surface area contributed by atoms with Crippen LogP contribution in [0.2, 0.25) is 5.02 Å². The first-order valence-corrected chi connectivity index (χ1v) is 11.0. The van der Waals surface area contributed by atoms with Crippen LogP contribution >= 0.6 is 22.9 Å². The highest BCUT2D eigenvalue weighted by Gasteiger charge is 2.27. The van der Waals surface area contributed by atoms with E-state index in [9.17, 15) is 9.90 Å². The second-order valence-electron chi connectivity index (χ2n) is 7.62. The molecule has 2 aromatic heterocycles. The summed E-state index contributed by atoms with van der Waals surface area (Å²) in [6.45, 7) is 2.46. The van der Waals surface area contributed by atoms with Gasteiger partial charge in [-0.2, -0.15) is 0 Å². The highest BCUT2D eigenvalue weighted by molar-refractivity contribution is 7.23. The van der Waals surface area contributed by atoms with Gasteiger partial charge in [-0.3, -0.25) is 4.40 Å². The summed E-state index contributed by atoms with van der Waals surface area (Å²) in [6.07, 6.45) is 1.33. The van der Waals surface area contributed by atoms with E-state index in [0.29, 0.717) is 17.9 Å². The van der Waals surface area contributed by atoms with E-state index in [1.165, 1.54) is 20.8 Å². The van der Waals surface area contributed by atoms with E-state index in [2.05, 4.69) is 22.6 Å². The maximum atomic E-state index is 11.2. The molecule has 1 saturated heterocycles. The number of rotatable bonds is 4. The first kappa shape index (κ1) is 18.6. The number of halogens is 1. The number of fused-ring (bicyclic) bond motifs is 3. The number of carboxylic acids is 1. The SMILES string of the molecule is O=C([O-])C1CC[NH+](Cc2c(-c3ccc(Cl)cc3)nc3sc4ccccc4n23)CC1. The molecular formula is C22H20ClN3O2S. The van der Waals surface area contributed by atoms with Crippen LogP contribution in [0.1, 0.15) is 18.5 Å². The number of nitrogens with zero attached hydrogens (tertiary/aromatic N) is 2. The molecular weight excluding hydrogens is 406 g/mol. The maximum Gasteiger partial charge on any atom is 0.195 e.